The number of carbonyl (C=O) groups excluding carboxylic acids is 1. The number of aromatic amines is 1. The summed E-state index contributed by atoms with van der Waals surface area (Å²) < 4.78 is 10.5. The van der Waals surface area contributed by atoms with Crippen molar-refractivity contribution in [2.75, 3.05) is 13.7 Å². The van der Waals surface area contributed by atoms with Crippen LogP contribution < -0.4 is 11.2 Å². The Kier molecular flexibility index (Phi) is 5.11. The third-order valence-electron chi connectivity index (χ3n) is 3.39. The number of methoxy groups -OCH3 is 1. The lowest BCUT2D eigenvalue weighted by Gasteiger charge is -2.17. The van der Waals surface area contributed by atoms with Crippen molar-refractivity contribution in [2.24, 2.45) is 0 Å². The summed E-state index contributed by atoms with van der Waals surface area (Å²) in [7, 11) is 1.16. The van der Waals surface area contributed by atoms with Gasteiger partial charge in [0.05, 0.1) is 19.3 Å². The molecule has 1 aliphatic heterocycles. The lowest BCUT2D eigenvalue weighted by atomic mass is 10.1. The molecule has 2 rings (SSSR count). The summed E-state index contributed by atoms with van der Waals surface area (Å²) in [6.45, 7) is -0.554. The fourth-order valence-electron chi connectivity index (χ4n) is 2.14. The minimum atomic E-state index is -1.48. The van der Waals surface area contributed by atoms with Gasteiger partial charge < -0.3 is 24.8 Å². The third-order valence-corrected chi connectivity index (χ3v) is 3.39. The summed E-state index contributed by atoms with van der Waals surface area (Å²) in [6, 6.07) is 0. The van der Waals surface area contributed by atoms with Gasteiger partial charge >= 0.3 is 11.7 Å². The van der Waals surface area contributed by atoms with Crippen molar-refractivity contribution in [3.63, 3.8) is 0 Å². The molecular weight excluding hydrogens is 312 g/mol. The molecule has 2 heterocycles. The number of hydrogen-bond acceptors (Lipinski definition) is 8. The first-order valence-electron chi connectivity index (χ1n) is 6.63. The molecule has 0 radical (unpaired) electrons. The average Bonchev–Trinajstić information content (AvgIpc) is 2.81. The number of aliphatic hydroxyl groups excluding tert-OH is 3. The summed E-state index contributed by atoms with van der Waals surface area (Å²) in [5.74, 6) is -0.699. The van der Waals surface area contributed by atoms with E-state index in [-0.39, 0.29) is 5.56 Å². The molecule has 4 N–H and O–H groups in total. The molecule has 1 saturated heterocycles. The lowest BCUT2D eigenvalue weighted by molar-refractivity contribution is -0.134. The first-order valence-corrected chi connectivity index (χ1v) is 6.63. The number of esters is 1. The number of nitrogens with one attached hydrogen (secondary N) is 1. The number of H-pyrrole nitrogens is 1. The van der Waals surface area contributed by atoms with Gasteiger partial charge in [-0.2, -0.15) is 0 Å². The Balaban J connectivity index is 2.40. The molecule has 0 spiro atoms. The Labute approximate surface area is 129 Å². The second-order valence-electron chi connectivity index (χ2n) is 4.84. The number of rotatable bonds is 4. The summed E-state index contributed by atoms with van der Waals surface area (Å²) in [4.78, 5) is 36.7. The van der Waals surface area contributed by atoms with E-state index in [1.165, 1.54) is 0 Å². The van der Waals surface area contributed by atoms with Crippen LogP contribution in [0.4, 0.5) is 0 Å². The van der Waals surface area contributed by atoms with Crippen molar-refractivity contribution in [1.29, 1.82) is 0 Å². The van der Waals surface area contributed by atoms with Gasteiger partial charge in [-0.3, -0.25) is 14.3 Å². The molecule has 10 nitrogen and oxygen atoms in total. The maximum atomic E-state index is 11.9. The summed E-state index contributed by atoms with van der Waals surface area (Å²) in [6.07, 6.45) is -2.05. The van der Waals surface area contributed by atoms with Gasteiger partial charge in [0.1, 0.15) is 18.3 Å². The van der Waals surface area contributed by atoms with E-state index in [2.05, 4.69) is 4.74 Å². The molecule has 0 aliphatic carbocycles. The number of ether oxygens (including phenoxy) is 2. The predicted octanol–water partition coefficient (Wildman–Crippen LogP) is -2.67. The summed E-state index contributed by atoms with van der Waals surface area (Å²) in [5, 5.41) is 28.7. The summed E-state index contributed by atoms with van der Waals surface area (Å²) in [5.41, 5.74) is -1.69. The van der Waals surface area contributed by atoms with Crippen molar-refractivity contribution < 1.29 is 29.6 Å². The highest BCUT2D eigenvalue weighted by atomic mass is 16.6. The number of aromatic nitrogens is 2. The topological polar surface area (TPSA) is 151 Å². The van der Waals surface area contributed by atoms with E-state index < -0.39 is 48.4 Å². The molecule has 4 unspecified atom stereocenters. The van der Waals surface area contributed by atoms with Crippen molar-refractivity contribution >= 4 is 12.0 Å². The van der Waals surface area contributed by atoms with Gasteiger partial charge in [0.15, 0.2) is 6.23 Å². The van der Waals surface area contributed by atoms with E-state index in [0.717, 1.165) is 30.0 Å². The first kappa shape index (κ1) is 17.1. The average molecular weight is 328 g/mol. The molecule has 1 fully saturated rings. The van der Waals surface area contributed by atoms with Gasteiger partial charge in [0.2, 0.25) is 0 Å². The van der Waals surface area contributed by atoms with E-state index in [1.807, 2.05) is 4.98 Å². The van der Waals surface area contributed by atoms with E-state index in [0.29, 0.717) is 0 Å². The maximum absolute atomic E-state index is 11.9. The highest BCUT2D eigenvalue weighted by Crippen LogP contribution is 2.27. The van der Waals surface area contributed by atoms with Crippen LogP contribution in [0.2, 0.25) is 0 Å². The number of hydrogen-bond donors (Lipinski definition) is 4. The van der Waals surface area contributed by atoms with Crippen molar-refractivity contribution in [3.05, 3.63) is 38.7 Å². The second-order valence-corrected chi connectivity index (χ2v) is 4.84. The first-order chi connectivity index (χ1) is 10.9. The third kappa shape index (κ3) is 3.40. The standard InChI is InChI=1S/C13H16N2O8/c1-22-8(17)3-2-6-4-15(13(21)14-11(6)20)12-10(19)9(18)7(5-16)23-12/h2-4,7,9-10,12,16,18-19H,5H2,1H3,(H,14,20,21). The van der Waals surface area contributed by atoms with Crippen LogP contribution in [0.5, 0.6) is 0 Å². The van der Waals surface area contributed by atoms with Crippen LogP contribution in [0.1, 0.15) is 11.8 Å². The molecule has 1 aromatic heterocycles. The van der Waals surface area contributed by atoms with Crippen LogP contribution in [-0.4, -0.2) is 62.9 Å². The number of nitrogens with zero attached hydrogens (tertiary/aromatic N) is 1. The highest BCUT2D eigenvalue weighted by molar-refractivity contribution is 5.86. The van der Waals surface area contributed by atoms with Crippen LogP contribution >= 0.6 is 0 Å². The number of aliphatic hydroxyl groups is 3. The van der Waals surface area contributed by atoms with E-state index in [9.17, 15) is 24.6 Å². The smallest absolute Gasteiger partial charge is 0.330 e. The SMILES string of the molecule is COC(=O)C=Cc1cn(C2OC(CO)C(O)C2O)c(=O)[nH]c1=O. The van der Waals surface area contributed by atoms with E-state index >= 15 is 0 Å². The molecule has 1 aliphatic rings. The van der Waals surface area contributed by atoms with Gasteiger partial charge in [-0.25, -0.2) is 9.59 Å². The largest absolute Gasteiger partial charge is 0.466 e. The van der Waals surface area contributed by atoms with Gasteiger partial charge in [0.25, 0.3) is 5.56 Å². The minimum absolute atomic E-state index is 0.0623. The van der Waals surface area contributed by atoms with Gasteiger partial charge in [-0.1, -0.05) is 0 Å². The zero-order valence-corrected chi connectivity index (χ0v) is 12.1. The van der Waals surface area contributed by atoms with Crippen LogP contribution in [0.3, 0.4) is 0 Å². The van der Waals surface area contributed by atoms with Crippen molar-refractivity contribution in [1.82, 2.24) is 9.55 Å². The molecule has 0 saturated carbocycles. The molecule has 4 atom stereocenters. The second kappa shape index (κ2) is 6.87. The van der Waals surface area contributed by atoms with Gasteiger partial charge in [0, 0.05) is 12.3 Å². The minimum Gasteiger partial charge on any atom is -0.466 e. The molecule has 126 valence electrons. The molecule has 23 heavy (non-hydrogen) atoms. The Morgan fingerprint density at radius 3 is 2.70 bits per heavy atom. The molecule has 1 aromatic rings. The molecule has 0 amide bonds. The lowest BCUT2D eigenvalue weighted by Crippen LogP contribution is -2.38. The van der Waals surface area contributed by atoms with E-state index in [4.69, 9.17) is 9.84 Å². The normalized spacial score (nSPS) is 27.5. The van der Waals surface area contributed by atoms with Crippen LogP contribution in [0.25, 0.3) is 6.08 Å². The van der Waals surface area contributed by atoms with Crippen LogP contribution in [0.15, 0.2) is 21.9 Å². The Hall–Kier alpha value is -2.27. The number of carbonyl (C=O) groups is 1. The van der Waals surface area contributed by atoms with Crippen LogP contribution in [0, 0.1) is 0 Å². The molecule has 0 bridgehead atoms. The summed E-state index contributed by atoms with van der Waals surface area (Å²) >= 11 is 0. The van der Waals surface area contributed by atoms with Gasteiger partial charge in [-0.15, -0.1) is 0 Å². The predicted molar refractivity (Wildman–Crippen MR) is 75.4 cm³/mol. The zero-order chi connectivity index (χ0) is 17.1. The Bertz CT molecular complexity index is 721. The highest BCUT2D eigenvalue weighted by Gasteiger charge is 2.43. The maximum Gasteiger partial charge on any atom is 0.330 e. The van der Waals surface area contributed by atoms with Crippen molar-refractivity contribution in [3.8, 4) is 0 Å². The molecular formula is C13H16N2O8. The fraction of sp³-hybridized carbons (Fsp3) is 0.462. The fourth-order valence-corrected chi connectivity index (χ4v) is 2.14. The van der Waals surface area contributed by atoms with Crippen LogP contribution in [-0.2, 0) is 14.3 Å². The zero-order valence-electron chi connectivity index (χ0n) is 12.1. The van der Waals surface area contributed by atoms with E-state index in [1.54, 1.807) is 0 Å². The molecule has 0 aromatic carbocycles. The Morgan fingerprint density at radius 1 is 1.43 bits per heavy atom. The Morgan fingerprint density at radius 2 is 2.13 bits per heavy atom. The monoisotopic (exact) mass is 328 g/mol. The molecule has 10 heteroatoms. The quantitative estimate of drug-likeness (QED) is 0.345. The van der Waals surface area contributed by atoms with Crippen molar-refractivity contribution in [2.45, 2.75) is 24.5 Å². The van der Waals surface area contributed by atoms with Gasteiger partial charge in [-0.05, 0) is 6.08 Å².